The lowest BCUT2D eigenvalue weighted by atomic mass is 9.88. The number of ketones is 1. The Morgan fingerprint density at radius 3 is 2.47 bits per heavy atom. The fourth-order valence-electron chi connectivity index (χ4n) is 2.49. The molecule has 2 rings (SSSR count). The van der Waals surface area contributed by atoms with E-state index < -0.39 is 5.60 Å². The zero-order chi connectivity index (χ0) is 12.3. The summed E-state index contributed by atoms with van der Waals surface area (Å²) < 4.78 is 5.60. The standard InChI is InChI=1S/C13H17ClO2S/c1-16-13(7-4-2-3-5-8-13)12(15)11-10(14)6-9-17-11/h6,9H,2-5,7-8H2,1H3. The van der Waals surface area contributed by atoms with Crippen LogP contribution >= 0.6 is 22.9 Å². The first-order chi connectivity index (χ1) is 8.19. The van der Waals surface area contributed by atoms with Crippen molar-refractivity contribution in [2.45, 2.75) is 44.1 Å². The highest BCUT2D eigenvalue weighted by Crippen LogP contribution is 2.36. The van der Waals surface area contributed by atoms with Gasteiger partial charge in [-0.3, -0.25) is 4.79 Å². The maximum absolute atomic E-state index is 12.6. The lowest BCUT2D eigenvalue weighted by molar-refractivity contribution is -0.00657. The number of carbonyl (C=O) groups excluding carboxylic acids is 1. The second-order valence-corrected chi connectivity index (χ2v) is 5.86. The SMILES string of the molecule is COC1(C(=O)c2sccc2Cl)CCCCCC1. The third-order valence-corrected chi connectivity index (χ3v) is 4.88. The number of halogens is 1. The highest BCUT2D eigenvalue weighted by Gasteiger charge is 2.40. The van der Waals surface area contributed by atoms with Crippen molar-refractivity contribution in [3.05, 3.63) is 21.3 Å². The molecule has 1 heterocycles. The van der Waals surface area contributed by atoms with Gasteiger partial charge in [0.15, 0.2) is 0 Å². The van der Waals surface area contributed by atoms with Gasteiger partial charge in [0, 0.05) is 7.11 Å². The molecule has 17 heavy (non-hydrogen) atoms. The van der Waals surface area contributed by atoms with E-state index in [0.717, 1.165) is 25.7 Å². The van der Waals surface area contributed by atoms with E-state index in [1.54, 1.807) is 13.2 Å². The van der Waals surface area contributed by atoms with Gasteiger partial charge in [-0.2, -0.15) is 0 Å². The lowest BCUT2D eigenvalue weighted by Crippen LogP contribution is -2.40. The zero-order valence-electron chi connectivity index (χ0n) is 10.0. The van der Waals surface area contributed by atoms with Crippen LogP contribution in [-0.2, 0) is 4.74 Å². The molecule has 1 aliphatic rings. The van der Waals surface area contributed by atoms with Crippen molar-refractivity contribution >= 4 is 28.7 Å². The summed E-state index contributed by atoms with van der Waals surface area (Å²) in [5.41, 5.74) is -0.634. The van der Waals surface area contributed by atoms with Crippen LogP contribution in [0.1, 0.15) is 48.2 Å². The molecule has 0 aromatic carbocycles. The Bertz CT molecular complexity index is 392. The molecule has 0 atom stereocenters. The number of Topliss-reactive ketones (excluding diaryl/α,β-unsaturated/α-hetero) is 1. The number of hydrogen-bond donors (Lipinski definition) is 0. The van der Waals surface area contributed by atoms with Gasteiger partial charge in [0.05, 0.1) is 9.90 Å². The van der Waals surface area contributed by atoms with Gasteiger partial charge in [-0.1, -0.05) is 37.3 Å². The fourth-order valence-corrected chi connectivity index (χ4v) is 3.66. The predicted octanol–water partition coefficient (Wildman–Crippen LogP) is 4.32. The molecule has 0 unspecified atom stereocenters. The van der Waals surface area contributed by atoms with Crippen molar-refractivity contribution in [1.29, 1.82) is 0 Å². The number of thiophene rings is 1. The average molecular weight is 273 g/mol. The van der Waals surface area contributed by atoms with Crippen LogP contribution in [-0.4, -0.2) is 18.5 Å². The molecule has 0 radical (unpaired) electrons. The van der Waals surface area contributed by atoms with Crippen molar-refractivity contribution in [3.63, 3.8) is 0 Å². The topological polar surface area (TPSA) is 26.3 Å². The number of hydrogen-bond acceptors (Lipinski definition) is 3. The number of ether oxygens (including phenoxy) is 1. The maximum atomic E-state index is 12.6. The molecule has 0 bridgehead atoms. The normalized spacial score (nSPS) is 19.9. The Morgan fingerprint density at radius 1 is 1.35 bits per heavy atom. The Hall–Kier alpha value is -0.380. The molecule has 1 aliphatic carbocycles. The highest BCUT2D eigenvalue weighted by atomic mass is 35.5. The number of methoxy groups -OCH3 is 1. The van der Waals surface area contributed by atoms with E-state index >= 15 is 0 Å². The molecule has 0 amide bonds. The van der Waals surface area contributed by atoms with Crippen molar-refractivity contribution in [3.8, 4) is 0 Å². The van der Waals surface area contributed by atoms with E-state index in [1.165, 1.54) is 24.2 Å². The maximum Gasteiger partial charge on any atom is 0.206 e. The molecule has 2 nitrogen and oxygen atoms in total. The van der Waals surface area contributed by atoms with Gasteiger partial charge in [-0.05, 0) is 24.3 Å². The summed E-state index contributed by atoms with van der Waals surface area (Å²) in [4.78, 5) is 13.2. The van der Waals surface area contributed by atoms with Crippen LogP contribution in [0.3, 0.4) is 0 Å². The third kappa shape index (κ3) is 2.56. The summed E-state index contributed by atoms with van der Waals surface area (Å²) in [5, 5.41) is 2.41. The summed E-state index contributed by atoms with van der Waals surface area (Å²) >= 11 is 7.46. The van der Waals surface area contributed by atoms with Gasteiger partial charge < -0.3 is 4.74 Å². The number of rotatable bonds is 3. The van der Waals surface area contributed by atoms with E-state index in [2.05, 4.69) is 0 Å². The summed E-state index contributed by atoms with van der Waals surface area (Å²) in [6, 6.07) is 1.78. The minimum absolute atomic E-state index is 0.0712. The van der Waals surface area contributed by atoms with Crippen LogP contribution in [0, 0.1) is 0 Å². The van der Waals surface area contributed by atoms with E-state index in [-0.39, 0.29) is 5.78 Å². The van der Waals surface area contributed by atoms with Crippen LogP contribution in [0.2, 0.25) is 5.02 Å². The summed E-state index contributed by atoms with van der Waals surface area (Å²) in [7, 11) is 1.64. The van der Waals surface area contributed by atoms with Crippen LogP contribution in [0.4, 0.5) is 0 Å². The van der Waals surface area contributed by atoms with E-state index in [9.17, 15) is 4.79 Å². The molecule has 1 saturated carbocycles. The zero-order valence-corrected chi connectivity index (χ0v) is 11.6. The first kappa shape index (κ1) is 13.1. The molecular formula is C13H17ClO2S. The van der Waals surface area contributed by atoms with Gasteiger partial charge in [0.25, 0.3) is 0 Å². The Kier molecular flexibility index (Phi) is 4.23. The van der Waals surface area contributed by atoms with Crippen LogP contribution in [0.15, 0.2) is 11.4 Å². The molecule has 0 aliphatic heterocycles. The van der Waals surface area contributed by atoms with Gasteiger partial charge in [0.2, 0.25) is 5.78 Å². The minimum atomic E-state index is -0.634. The van der Waals surface area contributed by atoms with Crippen molar-refractivity contribution < 1.29 is 9.53 Å². The quantitative estimate of drug-likeness (QED) is 0.605. The Morgan fingerprint density at radius 2 is 2.00 bits per heavy atom. The Balaban J connectivity index is 2.28. The molecular weight excluding hydrogens is 256 g/mol. The summed E-state index contributed by atoms with van der Waals surface area (Å²) in [6.07, 6.45) is 6.13. The first-order valence-electron chi connectivity index (χ1n) is 6.02. The van der Waals surface area contributed by atoms with Crippen molar-refractivity contribution in [2.24, 2.45) is 0 Å². The Labute approximate surface area is 111 Å². The number of carbonyl (C=O) groups is 1. The molecule has 0 N–H and O–H groups in total. The largest absolute Gasteiger partial charge is 0.370 e. The highest BCUT2D eigenvalue weighted by molar-refractivity contribution is 7.12. The van der Waals surface area contributed by atoms with Crippen LogP contribution in [0.25, 0.3) is 0 Å². The molecule has 0 spiro atoms. The lowest BCUT2D eigenvalue weighted by Gasteiger charge is -2.29. The molecule has 4 heteroatoms. The van der Waals surface area contributed by atoms with Gasteiger partial charge in [0.1, 0.15) is 5.60 Å². The van der Waals surface area contributed by atoms with Gasteiger partial charge >= 0.3 is 0 Å². The van der Waals surface area contributed by atoms with E-state index in [4.69, 9.17) is 16.3 Å². The van der Waals surface area contributed by atoms with Crippen molar-refractivity contribution in [2.75, 3.05) is 7.11 Å². The van der Waals surface area contributed by atoms with E-state index in [1.807, 2.05) is 5.38 Å². The predicted molar refractivity (Wildman–Crippen MR) is 71.1 cm³/mol. The third-order valence-electron chi connectivity index (χ3n) is 3.54. The second-order valence-electron chi connectivity index (χ2n) is 4.54. The monoisotopic (exact) mass is 272 g/mol. The van der Waals surface area contributed by atoms with Crippen LogP contribution < -0.4 is 0 Å². The van der Waals surface area contributed by atoms with Gasteiger partial charge in [-0.25, -0.2) is 0 Å². The average Bonchev–Trinajstić information content (AvgIpc) is 2.64. The van der Waals surface area contributed by atoms with E-state index in [0.29, 0.717) is 9.90 Å². The smallest absolute Gasteiger partial charge is 0.206 e. The molecule has 94 valence electrons. The first-order valence-corrected chi connectivity index (χ1v) is 7.28. The second kappa shape index (κ2) is 5.51. The molecule has 1 aromatic heterocycles. The minimum Gasteiger partial charge on any atom is -0.370 e. The molecule has 1 aromatic rings. The van der Waals surface area contributed by atoms with Gasteiger partial charge in [-0.15, -0.1) is 11.3 Å². The van der Waals surface area contributed by atoms with Crippen LogP contribution in [0.5, 0.6) is 0 Å². The fraction of sp³-hybridized carbons (Fsp3) is 0.615. The summed E-state index contributed by atoms with van der Waals surface area (Å²) in [5.74, 6) is 0.0712. The summed E-state index contributed by atoms with van der Waals surface area (Å²) in [6.45, 7) is 0. The van der Waals surface area contributed by atoms with Crippen molar-refractivity contribution in [1.82, 2.24) is 0 Å². The molecule has 1 fully saturated rings. The molecule has 0 saturated heterocycles.